The Morgan fingerprint density at radius 2 is 1.76 bits per heavy atom. The van der Waals surface area contributed by atoms with E-state index in [1.54, 1.807) is 31.2 Å². The van der Waals surface area contributed by atoms with E-state index in [1.807, 2.05) is 30.3 Å². The van der Waals surface area contributed by atoms with Gasteiger partial charge in [0.25, 0.3) is 5.91 Å². The van der Waals surface area contributed by atoms with E-state index in [4.69, 9.17) is 9.47 Å². The second kappa shape index (κ2) is 10.6. The monoisotopic (exact) mass is 397 g/mol. The minimum absolute atomic E-state index is 0.126. The molecule has 0 aliphatic carbocycles. The van der Waals surface area contributed by atoms with E-state index in [9.17, 15) is 9.59 Å². The third kappa shape index (κ3) is 6.30. The second-order valence-electron chi connectivity index (χ2n) is 6.77. The lowest BCUT2D eigenvalue weighted by Crippen LogP contribution is -2.43. The first-order valence-corrected chi connectivity index (χ1v) is 9.85. The van der Waals surface area contributed by atoms with Crippen LogP contribution in [0.4, 0.5) is 10.5 Å². The van der Waals surface area contributed by atoms with Crippen molar-refractivity contribution in [2.45, 2.75) is 13.0 Å². The molecule has 2 aromatic carbocycles. The molecule has 0 unspecified atom stereocenters. The van der Waals surface area contributed by atoms with Crippen molar-refractivity contribution in [1.82, 2.24) is 10.2 Å². The quantitative estimate of drug-likeness (QED) is 0.751. The Hall–Kier alpha value is -2.90. The van der Waals surface area contributed by atoms with Gasteiger partial charge >= 0.3 is 6.09 Å². The highest BCUT2D eigenvalue weighted by molar-refractivity contribution is 5.95. The van der Waals surface area contributed by atoms with Crippen molar-refractivity contribution in [1.29, 1.82) is 0 Å². The van der Waals surface area contributed by atoms with Gasteiger partial charge < -0.3 is 14.8 Å². The van der Waals surface area contributed by atoms with Crippen LogP contribution in [0.5, 0.6) is 0 Å². The fraction of sp³-hybridized carbons (Fsp3) is 0.364. The molecule has 1 aliphatic heterocycles. The highest BCUT2D eigenvalue weighted by Crippen LogP contribution is 2.17. The number of benzene rings is 2. The van der Waals surface area contributed by atoms with Crippen molar-refractivity contribution in [3.8, 4) is 0 Å². The van der Waals surface area contributed by atoms with Gasteiger partial charge in [-0.25, -0.2) is 4.79 Å². The van der Waals surface area contributed by atoms with Crippen LogP contribution in [-0.2, 0) is 9.47 Å². The molecule has 0 aromatic heterocycles. The first-order valence-electron chi connectivity index (χ1n) is 9.85. The molecule has 0 bridgehead atoms. The van der Waals surface area contributed by atoms with E-state index in [2.05, 4.69) is 15.5 Å². The number of hydrogen-bond acceptors (Lipinski definition) is 5. The molecule has 3 rings (SSSR count). The average molecular weight is 397 g/mol. The number of nitrogens with one attached hydrogen (secondary N) is 2. The summed E-state index contributed by atoms with van der Waals surface area (Å²) >= 11 is 0. The summed E-state index contributed by atoms with van der Waals surface area (Å²) < 4.78 is 10.3. The van der Waals surface area contributed by atoms with Crippen molar-refractivity contribution in [2.24, 2.45) is 0 Å². The fourth-order valence-electron chi connectivity index (χ4n) is 3.19. The largest absolute Gasteiger partial charge is 0.450 e. The normalized spacial score (nSPS) is 15.3. The molecule has 2 aromatic rings. The van der Waals surface area contributed by atoms with Crippen molar-refractivity contribution < 1.29 is 19.1 Å². The average Bonchev–Trinajstić information content (AvgIpc) is 2.75. The van der Waals surface area contributed by atoms with E-state index < -0.39 is 6.09 Å². The predicted octanol–water partition coefficient (Wildman–Crippen LogP) is 3.06. The fourth-order valence-corrected chi connectivity index (χ4v) is 3.19. The number of carbonyl (C=O) groups is 2. The summed E-state index contributed by atoms with van der Waals surface area (Å²) in [5.41, 5.74) is 2.17. The molecule has 7 nitrogen and oxygen atoms in total. The lowest BCUT2D eigenvalue weighted by molar-refractivity contribution is 0.0332. The smallest absolute Gasteiger partial charge is 0.411 e. The van der Waals surface area contributed by atoms with E-state index >= 15 is 0 Å². The van der Waals surface area contributed by atoms with Gasteiger partial charge in [0.2, 0.25) is 0 Å². The zero-order valence-electron chi connectivity index (χ0n) is 16.6. The van der Waals surface area contributed by atoms with Crippen LogP contribution in [-0.4, -0.2) is 56.4 Å². The maximum absolute atomic E-state index is 12.8. The number of carbonyl (C=O) groups excluding carboxylic acids is 2. The predicted molar refractivity (Wildman–Crippen MR) is 111 cm³/mol. The highest BCUT2D eigenvalue weighted by Gasteiger charge is 2.20. The Kier molecular flexibility index (Phi) is 7.61. The summed E-state index contributed by atoms with van der Waals surface area (Å²) in [6.45, 7) is 5.90. The summed E-state index contributed by atoms with van der Waals surface area (Å²) in [6.07, 6.45) is -0.514. The van der Waals surface area contributed by atoms with Crippen molar-refractivity contribution in [2.75, 3.05) is 44.8 Å². The summed E-state index contributed by atoms with van der Waals surface area (Å²) in [5.74, 6) is -0.158. The van der Waals surface area contributed by atoms with Crippen molar-refractivity contribution in [3.05, 3.63) is 65.7 Å². The molecule has 1 aliphatic rings. The van der Waals surface area contributed by atoms with Crippen molar-refractivity contribution in [3.63, 3.8) is 0 Å². The van der Waals surface area contributed by atoms with Gasteiger partial charge in [0, 0.05) is 30.9 Å². The minimum atomic E-state index is -0.514. The summed E-state index contributed by atoms with van der Waals surface area (Å²) in [5, 5.41) is 5.76. The number of anilines is 1. The van der Waals surface area contributed by atoms with Gasteiger partial charge in [0.05, 0.1) is 25.9 Å². The Bertz CT molecular complexity index is 789. The summed E-state index contributed by atoms with van der Waals surface area (Å²) in [4.78, 5) is 26.6. The van der Waals surface area contributed by atoms with Crippen LogP contribution < -0.4 is 10.6 Å². The maximum atomic E-state index is 12.8. The number of nitrogens with zero attached hydrogens (tertiary/aromatic N) is 1. The van der Waals surface area contributed by atoms with Crippen LogP contribution in [0, 0.1) is 0 Å². The van der Waals surface area contributed by atoms with Crippen LogP contribution in [0.1, 0.15) is 28.9 Å². The zero-order valence-corrected chi connectivity index (χ0v) is 16.6. The van der Waals surface area contributed by atoms with Gasteiger partial charge in [-0.1, -0.05) is 30.3 Å². The lowest BCUT2D eigenvalue weighted by atomic mass is 10.1. The number of amides is 2. The van der Waals surface area contributed by atoms with Crippen LogP contribution in [0.2, 0.25) is 0 Å². The number of rotatable bonds is 7. The molecule has 2 N–H and O–H groups in total. The van der Waals surface area contributed by atoms with Crippen LogP contribution in [0.25, 0.3) is 0 Å². The van der Waals surface area contributed by atoms with Gasteiger partial charge in [-0.2, -0.15) is 0 Å². The van der Waals surface area contributed by atoms with Gasteiger partial charge in [0.1, 0.15) is 0 Å². The number of morpholine rings is 1. The van der Waals surface area contributed by atoms with Crippen LogP contribution in [0.3, 0.4) is 0 Å². The summed E-state index contributed by atoms with van der Waals surface area (Å²) in [7, 11) is 0. The third-order valence-electron chi connectivity index (χ3n) is 4.72. The molecule has 1 heterocycles. The van der Waals surface area contributed by atoms with Gasteiger partial charge in [0.15, 0.2) is 0 Å². The Balaban J connectivity index is 1.66. The Morgan fingerprint density at radius 3 is 2.41 bits per heavy atom. The molecule has 0 saturated carbocycles. The molecule has 1 saturated heterocycles. The highest BCUT2D eigenvalue weighted by atomic mass is 16.5. The Labute approximate surface area is 171 Å². The topological polar surface area (TPSA) is 79.9 Å². The molecule has 154 valence electrons. The first-order chi connectivity index (χ1) is 14.2. The molecular formula is C22H27N3O4. The van der Waals surface area contributed by atoms with Crippen LogP contribution >= 0.6 is 0 Å². The van der Waals surface area contributed by atoms with Gasteiger partial charge in [-0.15, -0.1) is 0 Å². The molecule has 0 radical (unpaired) electrons. The van der Waals surface area contributed by atoms with Crippen LogP contribution in [0.15, 0.2) is 54.6 Å². The van der Waals surface area contributed by atoms with Gasteiger partial charge in [-0.05, 0) is 36.8 Å². The summed E-state index contributed by atoms with van der Waals surface area (Å²) in [6, 6.07) is 16.6. The maximum Gasteiger partial charge on any atom is 0.411 e. The van der Waals surface area contributed by atoms with E-state index in [1.165, 1.54) is 0 Å². The van der Waals surface area contributed by atoms with E-state index in [-0.39, 0.29) is 11.9 Å². The zero-order chi connectivity index (χ0) is 20.5. The second-order valence-corrected chi connectivity index (χ2v) is 6.77. The first kappa shape index (κ1) is 20.8. The van der Waals surface area contributed by atoms with E-state index in [0.29, 0.717) is 31.1 Å². The number of ether oxygens (including phenoxy) is 2. The van der Waals surface area contributed by atoms with Gasteiger partial charge in [-0.3, -0.25) is 15.0 Å². The molecule has 2 amide bonds. The molecule has 7 heteroatoms. The molecule has 0 spiro atoms. The number of hydrogen-bond donors (Lipinski definition) is 2. The molecular weight excluding hydrogens is 370 g/mol. The molecule has 1 fully saturated rings. The standard InChI is InChI=1S/C22H27N3O4/c1-2-29-22(27)23-19-10-8-18(9-11-19)21(26)24-20(17-6-4-3-5-7-17)16-25-12-14-28-15-13-25/h3-11,20H,2,12-16H2,1H3,(H,23,27)(H,24,26)/t20-/m1/s1. The SMILES string of the molecule is CCOC(=O)Nc1ccc(C(=O)N[C@H](CN2CCOCC2)c2ccccc2)cc1. The molecule has 29 heavy (non-hydrogen) atoms. The van der Waals surface area contributed by atoms with E-state index in [0.717, 1.165) is 25.2 Å². The minimum Gasteiger partial charge on any atom is -0.450 e. The molecule has 1 atom stereocenters. The van der Waals surface area contributed by atoms with Crippen molar-refractivity contribution >= 4 is 17.7 Å². The Morgan fingerprint density at radius 1 is 1.07 bits per heavy atom. The third-order valence-corrected chi connectivity index (χ3v) is 4.72. The lowest BCUT2D eigenvalue weighted by Gasteiger charge is -2.31.